The van der Waals surface area contributed by atoms with Crippen LogP contribution in [0.1, 0.15) is 25.0 Å². The van der Waals surface area contributed by atoms with Crippen LogP contribution in [0.2, 0.25) is 10.0 Å². The van der Waals surface area contributed by atoms with Crippen molar-refractivity contribution in [2.45, 2.75) is 38.3 Å². The van der Waals surface area contributed by atoms with E-state index in [0.29, 0.717) is 38.1 Å². The smallest absolute Gasteiger partial charge is 0.264 e. The van der Waals surface area contributed by atoms with E-state index in [0.717, 1.165) is 9.87 Å². The van der Waals surface area contributed by atoms with Crippen molar-refractivity contribution in [3.8, 4) is 5.75 Å². The van der Waals surface area contributed by atoms with Gasteiger partial charge < -0.3 is 15.0 Å². The maximum Gasteiger partial charge on any atom is 0.264 e. The molecular weight excluding hydrogens is 641 g/mol. The summed E-state index contributed by atoms with van der Waals surface area (Å²) in [6, 6.07) is 15.1. The zero-order valence-electron chi connectivity index (χ0n) is 22.4. The van der Waals surface area contributed by atoms with Gasteiger partial charge >= 0.3 is 0 Å². The molecule has 1 atom stereocenters. The zero-order chi connectivity index (χ0) is 29.6. The van der Waals surface area contributed by atoms with Gasteiger partial charge in [-0.1, -0.05) is 47.0 Å². The van der Waals surface area contributed by atoms with Crippen LogP contribution in [-0.4, -0.2) is 51.4 Å². The molecule has 0 radical (unpaired) electrons. The van der Waals surface area contributed by atoms with Crippen molar-refractivity contribution in [3.63, 3.8) is 0 Å². The number of carbonyl (C=O) groups excluding carboxylic acids is 2. The lowest BCUT2D eigenvalue weighted by atomic mass is 10.1. The minimum absolute atomic E-state index is 0.0387. The van der Waals surface area contributed by atoms with E-state index < -0.39 is 28.5 Å². The number of likely N-dealkylation sites (N-methyl/N-ethyl adjacent to an activating group) is 1. The van der Waals surface area contributed by atoms with E-state index >= 15 is 0 Å². The standard InChI is InChI=1S/C28H30BrCl2N3O5S/c1-5-32-28(36)19(3)33(16-20-8-9-21(30)14-25(20)31)27(35)17-34(22-10-6-18(2)7-11-22)40(37,38)23-12-13-26(39-4)24(29)15-23/h6-15,19H,5,16-17H2,1-4H3,(H,32,36)/t19-/m0/s1. The fourth-order valence-electron chi connectivity index (χ4n) is 3.91. The van der Waals surface area contributed by atoms with Crippen molar-refractivity contribution in [3.05, 3.63) is 86.3 Å². The quantitative estimate of drug-likeness (QED) is 0.277. The number of hydrogen-bond acceptors (Lipinski definition) is 5. The van der Waals surface area contributed by atoms with Gasteiger partial charge in [-0.2, -0.15) is 0 Å². The third kappa shape index (κ3) is 7.48. The highest BCUT2D eigenvalue weighted by atomic mass is 79.9. The molecule has 0 spiro atoms. The van der Waals surface area contributed by atoms with Gasteiger partial charge in [0, 0.05) is 23.1 Å². The predicted molar refractivity (Wildman–Crippen MR) is 162 cm³/mol. The highest BCUT2D eigenvalue weighted by molar-refractivity contribution is 9.10. The Balaban J connectivity index is 2.07. The van der Waals surface area contributed by atoms with Crippen molar-refractivity contribution in [1.82, 2.24) is 10.2 Å². The van der Waals surface area contributed by atoms with Gasteiger partial charge in [0.2, 0.25) is 11.8 Å². The molecule has 0 aromatic heterocycles. The molecule has 3 aromatic carbocycles. The molecule has 8 nitrogen and oxygen atoms in total. The summed E-state index contributed by atoms with van der Waals surface area (Å²) < 4.78 is 34.6. The predicted octanol–water partition coefficient (Wildman–Crippen LogP) is 5.82. The van der Waals surface area contributed by atoms with Gasteiger partial charge in [-0.05, 0) is 84.7 Å². The highest BCUT2D eigenvalue weighted by Gasteiger charge is 2.33. The normalized spacial score (nSPS) is 12.0. The van der Waals surface area contributed by atoms with Crippen LogP contribution in [0.15, 0.2) is 70.0 Å². The summed E-state index contributed by atoms with van der Waals surface area (Å²) in [7, 11) is -2.75. The number of rotatable bonds is 11. The number of aryl methyl sites for hydroxylation is 1. The van der Waals surface area contributed by atoms with Crippen LogP contribution in [0.4, 0.5) is 5.69 Å². The SMILES string of the molecule is CCNC(=O)[C@H](C)N(Cc1ccc(Cl)cc1Cl)C(=O)CN(c1ccc(C)cc1)S(=O)(=O)c1ccc(OC)c(Br)c1. The Morgan fingerprint density at radius 3 is 2.30 bits per heavy atom. The first-order valence-electron chi connectivity index (χ1n) is 12.3. The van der Waals surface area contributed by atoms with Gasteiger partial charge in [0.1, 0.15) is 18.3 Å². The Bertz CT molecular complexity index is 1490. The molecule has 0 fully saturated rings. The van der Waals surface area contributed by atoms with Crippen molar-refractivity contribution >= 4 is 66.7 Å². The molecule has 2 amide bonds. The van der Waals surface area contributed by atoms with E-state index in [2.05, 4.69) is 21.2 Å². The van der Waals surface area contributed by atoms with Gasteiger partial charge in [0.05, 0.1) is 22.2 Å². The lowest BCUT2D eigenvalue weighted by Crippen LogP contribution is -2.51. The molecule has 0 aliphatic heterocycles. The molecule has 0 saturated heterocycles. The number of hydrogen-bond donors (Lipinski definition) is 1. The van der Waals surface area contributed by atoms with E-state index in [1.807, 2.05) is 6.92 Å². The molecule has 0 aliphatic rings. The van der Waals surface area contributed by atoms with E-state index in [-0.39, 0.29) is 17.3 Å². The first kappa shape index (κ1) is 31.7. The van der Waals surface area contributed by atoms with Crippen LogP contribution < -0.4 is 14.4 Å². The summed E-state index contributed by atoms with van der Waals surface area (Å²) in [5.74, 6) is -0.523. The Kier molecular flexibility index (Phi) is 10.9. The largest absolute Gasteiger partial charge is 0.496 e. The van der Waals surface area contributed by atoms with Crippen LogP contribution in [-0.2, 0) is 26.2 Å². The minimum atomic E-state index is -4.23. The van der Waals surface area contributed by atoms with Gasteiger partial charge in [-0.25, -0.2) is 8.42 Å². The number of halogens is 3. The van der Waals surface area contributed by atoms with E-state index in [4.69, 9.17) is 27.9 Å². The van der Waals surface area contributed by atoms with Gasteiger partial charge in [-0.3, -0.25) is 13.9 Å². The van der Waals surface area contributed by atoms with E-state index in [1.165, 1.54) is 30.2 Å². The summed E-state index contributed by atoms with van der Waals surface area (Å²) >= 11 is 15.8. The molecular formula is C28H30BrCl2N3O5S. The fraction of sp³-hybridized carbons (Fsp3) is 0.286. The second kappa shape index (κ2) is 13.7. The van der Waals surface area contributed by atoms with Crippen LogP contribution in [0, 0.1) is 6.92 Å². The molecule has 12 heteroatoms. The van der Waals surface area contributed by atoms with Crippen molar-refractivity contribution in [1.29, 1.82) is 0 Å². The minimum Gasteiger partial charge on any atom is -0.496 e. The number of sulfonamides is 1. The zero-order valence-corrected chi connectivity index (χ0v) is 26.4. The molecule has 40 heavy (non-hydrogen) atoms. The van der Waals surface area contributed by atoms with Gasteiger partial charge in [0.15, 0.2) is 0 Å². The summed E-state index contributed by atoms with van der Waals surface area (Å²) in [4.78, 5) is 28.0. The first-order valence-corrected chi connectivity index (χ1v) is 15.3. The maximum absolute atomic E-state index is 14.0. The molecule has 3 aromatic rings. The maximum atomic E-state index is 14.0. The Morgan fingerprint density at radius 1 is 1.05 bits per heavy atom. The Labute approximate surface area is 253 Å². The molecule has 214 valence electrons. The Hall–Kier alpha value is -2.79. The highest BCUT2D eigenvalue weighted by Crippen LogP contribution is 2.31. The van der Waals surface area contributed by atoms with Crippen LogP contribution in [0.25, 0.3) is 0 Å². The van der Waals surface area contributed by atoms with Gasteiger partial charge in [-0.15, -0.1) is 0 Å². The summed E-state index contributed by atoms with van der Waals surface area (Å²) in [6.07, 6.45) is 0. The number of ether oxygens (including phenoxy) is 1. The third-order valence-electron chi connectivity index (χ3n) is 6.19. The number of nitrogens with one attached hydrogen (secondary N) is 1. The second-order valence-electron chi connectivity index (χ2n) is 8.97. The summed E-state index contributed by atoms with van der Waals surface area (Å²) in [6.45, 7) is 4.99. The Morgan fingerprint density at radius 2 is 1.73 bits per heavy atom. The number of anilines is 1. The third-order valence-corrected chi connectivity index (χ3v) is 9.16. The van der Waals surface area contributed by atoms with E-state index in [1.54, 1.807) is 56.3 Å². The summed E-state index contributed by atoms with van der Waals surface area (Å²) in [5.41, 5.74) is 1.77. The van der Waals surface area contributed by atoms with Crippen molar-refractivity contribution < 1.29 is 22.7 Å². The lowest BCUT2D eigenvalue weighted by Gasteiger charge is -2.32. The van der Waals surface area contributed by atoms with Crippen molar-refractivity contribution in [2.24, 2.45) is 0 Å². The lowest BCUT2D eigenvalue weighted by molar-refractivity contribution is -0.139. The number of carbonyl (C=O) groups is 2. The second-order valence-corrected chi connectivity index (χ2v) is 12.5. The molecule has 0 saturated carbocycles. The summed E-state index contributed by atoms with van der Waals surface area (Å²) in [5, 5.41) is 3.46. The molecule has 0 heterocycles. The van der Waals surface area contributed by atoms with Crippen LogP contribution in [0.3, 0.4) is 0 Å². The molecule has 0 unspecified atom stereocenters. The fourth-order valence-corrected chi connectivity index (χ4v) is 6.51. The molecule has 0 bridgehead atoms. The molecule has 3 rings (SSSR count). The first-order chi connectivity index (χ1) is 18.9. The number of amides is 2. The molecule has 0 aliphatic carbocycles. The number of methoxy groups -OCH3 is 1. The monoisotopic (exact) mass is 669 g/mol. The van der Waals surface area contributed by atoms with Crippen molar-refractivity contribution in [2.75, 3.05) is 24.5 Å². The average molecular weight is 671 g/mol. The molecule has 1 N–H and O–H groups in total. The topological polar surface area (TPSA) is 96.0 Å². The van der Waals surface area contributed by atoms with Crippen LogP contribution >= 0.6 is 39.1 Å². The van der Waals surface area contributed by atoms with E-state index in [9.17, 15) is 18.0 Å². The van der Waals surface area contributed by atoms with Crippen LogP contribution in [0.5, 0.6) is 5.75 Å². The number of benzene rings is 3. The average Bonchev–Trinajstić information content (AvgIpc) is 2.91. The number of nitrogens with zero attached hydrogens (tertiary/aromatic N) is 2. The van der Waals surface area contributed by atoms with Gasteiger partial charge in [0.25, 0.3) is 10.0 Å².